The number of carbonyl (C=O) groups excluding carboxylic acids is 7. The summed E-state index contributed by atoms with van der Waals surface area (Å²) in [6.45, 7) is 20.3. The molecule has 3 amide bonds. The lowest BCUT2D eigenvalue weighted by Gasteiger charge is -2.37. The fourth-order valence-corrected chi connectivity index (χ4v) is 15.2. The zero-order valence-corrected chi connectivity index (χ0v) is 69.5. The molecule has 3 aromatic heterocycles. The highest BCUT2D eigenvalue weighted by Gasteiger charge is 2.55. The normalized spacial score (nSPS) is 16.8. The van der Waals surface area contributed by atoms with Gasteiger partial charge in [-0.3, -0.25) is 43.3 Å². The number of carboxylic acids is 2. The maximum Gasteiger partial charge on any atom is 0.552 e. The van der Waals surface area contributed by atoms with E-state index < -0.39 is 78.3 Å². The van der Waals surface area contributed by atoms with Gasteiger partial charge in [0.25, 0.3) is 17.8 Å². The van der Waals surface area contributed by atoms with Gasteiger partial charge in [0.2, 0.25) is 5.91 Å². The second-order valence-corrected chi connectivity index (χ2v) is 31.0. The van der Waals surface area contributed by atoms with Crippen molar-refractivity contribution in [3.8, 4) is 5.75 Å². The number of H-pyrrole nitrogens is 1. The average Bonchev–Trinajstić information content (AvgIpc) is 1.64. The Bertz CT molecular complexity index is 5360. The summed E-state index contributed by atoms with van der Waals surface area (Å²) < 4.78 is 45.3. The second-order valence-electron chi connectivity index (χ2n) is 29.7. The molecular weight excluding hydrogens is 1590 g/mol. The first-order valence-electron chi connectivity index (χ1n) is 39.2. The van der Waals surface area contributed by atoms with Gasteiger partial charge >= 0.3 is 19.1 Å². The number of rotatable bonds is 29. The summed E-state index contributed by atoms with van der Waals surface area (Å²) in [5.74, 6) is -6.14. The van der Waals surface area contributed by atoms with Gasteiger partial charge in [-0.2, -0.15) is 0 Å². The molecule has 2 saturated heterocycles. The number of aliphatic hydroxyl groups is 1. The number of benzene rings is 6. The number of ketones is 3. The van der Waals surface area contributed by atoms with Crippen molar-refractivity contribution >= 4 is 145 Å². The van der Waals surface area contributed by atoms with Gasteiger partial charge in [0.1, 0.15) is 35.1 Å². The summed E-state index contributed by atoms with van der Waals surface area (Å²) >= 11 is 17.8. The number of carbonyl (C=O) groups is 9. The lowest BCUT2D eigenvalue weighted by molar-refractivity contribution is -0.175. The van der Waals surface area contributed by atoms with E-state index in [4.69, 9.17) is 54.0 Å². The number of aromatic amines is 1. The fraction of sp³-hybridized carbons (Fsp3) is 0.356. The Morgan fingerprint density at radius 3 is 2.29 bits per heavy atom. The number of hydrogen-bond acceptors (Lipinski definition) is 19. The van der Waals surface area contributed by atoms with Crippen LogP contribution in [0, 0.1) is 31.4 Å². The monoisotopic (exact) mass is 1690 g/mol. The number of fused-ring (bicyclic) bond motifs is 4. The predicted molar refractivity (Wildman–Crippen MR) is 452 cm³/mol. The van der Waals surface area contributed by atoms with Crippen molar-refractivity contribution in [2.45, 2.75) is 143 Å². The maximum absolute atomic E-state index is 13.7. The molecule has 9 aromatic rings. The number of anilines is 3. The molecule has 0 saturated carbocycles. The molecule has 0 spiro atoms. The van der Waals surface area contributed by atoms with Gasteiger partial charge in [-0.25, -0.2) is 28.5 Å². The Morgan fingerprint density at radius 2 is 1.59 bits per heavy atom. The van der Waals surface area contributed by atoms with Crippen molar-refractivity contribution < 1.29 is 81.3 Å². The molecule has 0 bridgehead atoms. The van der Waals surface area contributed by atoms with Crippen molar-refractivity contribution in [2.75, 3.05) is 63.6 Å². The van der Waals surface area contributed by atoms with E-state index >= 15 is 0 Å². The first-order valence-corrected chi connectivity index (χ1v) is 40.3. The number of piperidine rings is 1. The number of nitrogens with one attached hydrogen (secondary N) is 5. The Hall–Kier alpha value is -11.0. The van der Waals surface area contributed by atoms with Gasteiger partial charge in [0.15, 0.2) is 23.0 Å². The molecule has 4 aliphatic rings. The quantitative estimate of drug-likeness (QED) is 0.0123. The zero-order chi connectivity index (χ0) is 86.0. The van der Waals surface area contributed by atoms with Gasteiger partial charge in [0, 0.05) is 120 Å². The molecular formula is C87H95BCl3F2N11O15. The van der Waals surface area contributed by atoms with Crippen LogP contribution in [-0.2, 0) is 56.6 Å². The number of aliphatic carboxylic acids is 2. The van der Waals surface area contributed by atoms with Crippen LogP contribution in [0.25, 0.3) is 33.3 Å². The van der Waals surface area contributed by atoms with Crippen LogP contribution in [0.3, 0.4) is 0 Å². The zero-order valence-electron chi connectivity index (χ0n) is 67.3. The highest BCUT2D eigenvalue weighted by molar-refractivity contribution is 6.50. The number of imidazole rings is 1. The summed E-state index contributed by atoms with van der Waals surface area (Å²) in [5, 5.41) is 44.6. The average molecular weight is 1690 g/mol. The van der Waals surface area contributed by atoms with E-state index in [0.29, 0.717) is 75.3 Å². The first kappa shape index (κ1) is 90.3. The van der Waals surface area contributed by atoms with Crippen LogP contribution in [0.4, 0.5) is 26.0 Å². The minimum atomic E-state index is -2.33. The number of hydrogen-bond donors (Lipinski definition) is 8. The summed E-state index contributed by atoms with van der Waals surface area (Å²) in [5.41, 5.74) is 5.52. The summed E-state index contributed by atoms with van der Waals surface area (Å²) in [4.78, 5) is 130. The Morgan fingerprint density at radius 1 is 0.840 bits per heavy atom. The first-order chi connectivity index (χ1) is 56.8. The predicted octanol–water partition coefficient (Wildman–Crippen LogP) is 14.7. The Kier molecular flexibility index (Phi) is 31.2. The number of allylic oxidation sites excluding steroid dienone is 1. The second kappa shape index (κ2) is 41.1. The molecule has 32 heteroatoms. The van der Waals surface area contributed by atoms with E-state index in [9.17, 15) is 62.1 Å². The number of aromatic nitrogens is 5. The molecule has 0 aliphatic carbocycles. The minimum Gasteiger partial charge on any atom is -0.508 e. The molecule has 3 atom stereocenters. The molecule has 0 radical (unpaired) electrons. The number of halogens is 5. The number of nitrogens with zero attached hydrogens (tertiary/aromatic N) is 6. The van der Waals surface area contributed by atoms with Gasteiger partial charge in [0.05, 0.1) is 70.8 Å². The van der Waals surface area contributed by atoms with E-state index in [1.165, 1.54) is 68.1 Å². The largest absolute Gasteiger partial charge is 0.552 e. The number of carboxylic acid groups (broad SMARTS) is 2. The smallest absolute Gasteiger partial charge is 0.508 e. The molecule has 626 valence electrons. The summed E-state index contributed by atoms with van der Waals surface area (Å²) in [7, 11) is 0.0449. The van der Waals surface area contributed by atoms with E-state index in [1.54, 1.807) is 50.0 Å². The SMILES string of the molecule is CC(C)C[C@H](NC(=O)CCC(=O)c1cc(Cl)ccc1Cl)B1OC(=O)CC(CC(=O)O)(C(=O)O)O1.CCC(=O)c1ccc2cc(C3(O)CCn4cncc43)ccc2c1.CCN(CC)CCNC(=O)c1c(C)[nH]c(/C=C2\C(=O)Nc3ccc(F)cc32)c1C.COc1cc2ncnc(Nc3ccc(F)c(Cl)c3)c2cc1CC(=O)/C=C/CN1CCCCC1. The van der Waals surface area contributed by atoms with Crippen LogP contribution in [0.1, 0.15) is 169 Å². The number of Topliss-reactive ketones (excluding diaryl/α,β-unsaturated/α-hetero) is 2. The number of amides is 3. The summed E-state index contributed by atoms with van der Waals surface area (Å²) in [6, 6.07) is 28.3. The molecule has 2 unspecified atom stereocenters. The van der Waals surface area contributed by atoms with Crippen molar-refractivity contribution in [3.63, 3.8) is 0 Å². The minimum absolute atomic E-state index is 0.00124. The molecule has 119 heavy (non-hydrogen) atoms. The van der Waals surface area contributed by atoms with Crippen LogP contribution in [0.15, 0.2) is 134 Å². The third kappa shape index (κ3) is 23.1. The van der Waals surface area contributed by atoms with Crippen LogP contribution in [0.5, 0.6) is 5.75 Å². The van der Waals surface area contributed by atoms with Gasteiger partial charge < -0.3 is 65.1 Å². The maximum atomic E-state index is 13.7. The molecule has 2 fully saturated rings. The third-order valence-corrected chi connectivity index (χ3v) is 21.8. The third-order valence-electron chi connectivity index (χ3n) is 20.9. The van der Waals surface area contributed by atoms with E-state index in [2.05, 4.69) is 64.9 Å². The van der Waals surface area contributed by atoms with Crippen molar-refractivity contribution in [2.24, 2.45) is 5.92 Å². The standard InChI is InChI=1S/C25H26ClFN4O2.C22H27FN4O2.C21H24BCl2NO9.C19H18N2O2/c1-33-24-15-23-20(25(29-16-28-23)30-18-7-8-22(27)21(26)14-18)13-17(24)12-19(32)6-5-11-31-9-3-2-4-10-31;1-5-27(6-2)10-9-24-22(29)20-13(3)19(25-14(20)4)12-17-16-11-15(23)7-8-18(16)26-21(17)28;1-11(2)7-16(22-33-19(30)10-21(34-22,20(31)32)9-18(28)29)25-17(27)6-5-15(26)13-8-12(23)3-4-14(13)24;1-2-17(22)15-4-3-14-10-16(6-5-13(14)9-15)19(23)7-8-21-12-20-11-18(19)21/h5-8,13-16H,2-4,9-12H2,1H3,(H,28,29,30);7-8,11-12,25H,5-6,9-10H2,1-4H3,(H,24,29)(H,26,28);3-4,8,11,16H,5-7,9-10H2,1-2H3,(H,25,27)(H,28,29)(H,31,32);3-6,9-12,23H,2,7-8H2,1H3/b6-5+;17-12-;;/t;;16-,21?;/m..0./s1. The molecule has 8 N–H and O–H groups in total. The lowest BCUT2D eigenvalue weighted by Crippen LogP contribution is -2.61. The number of methoxy groups -OCH3 is 1. The van der Waals surface area contributed by atoms with Crippen LogP contribution < -0.4 is 26.0 Å². The van der Waals surface area contributed by atoms with Gasteiger partial charge in [-0.1, -0.05) is 106 Å². The highest BCUT2D eigenvalue weighted by Crippen LogP contribution is 2.41. The Labute approximate surface area is 702 Å². The number of ether oxygens (including phenoxy) is 1. The van der Waals surface area contributed by atoms with Crippen LogP contribution in [-0.4, -0.2) is 174 Å². The van der Waals surface area contributed by atoms with Crippen molar-refractivity contribution in [1.82, 2.24) is 44.9 Å². The molecule has 7 heterocycles. The van der Waals surface area contributed by atoms with Crippen LogP contribution >= 0.6 is 34.8 Å². The van der Waals surface area contributed by atoms with Gasteiger partial charge in [-0.15, -0.1) is 0 Å². The molecule has 4 aliphatic heterocycles. The number of likely N-dealkylation sites (N-methyl/N-ethyl adjacent to an activating group) is 1. The van der Waals surface area contributed by atoms with E-state index in [1.807, 2.05) is 87.7 Å². The number of likely N-dealkylation sites (tertiary alicyclic amines) is 1. The Balaban J connectivity index is 0.000000168. The van der Waals surface area contributed by atoms with Gasteiger partial charge in [-0.05, 0) is 172 Å². The summed E-state index contributed by atoms with van der Waals surface area (Å²) in [6.07, 6.45) is 13.3. The van der Waals surface area contributed by atoms with Crippen molar-refractivity contribution in [1.29, 1.82) is 0 Å². The van der Waals surface area contributed by atoms with Crippen molar-refractivity contribution in [3.05, 3.63) is 217 Å². The highest BCUT2D eigenvalue weighted by atomic mass is 35.5. The van der Waals surface area contributed by atoms with E-state index in [0.717, 1.165) is 95.6 Å². The molecule has 26 nitrogen and oxygen atoms in total. The van der Waals surface area contributed by atoms with Crippen LogP contribution in [0.2, 0.25) is 15.1 Å². The van der Waals surface area contributed by atoms with E-state index in [-0.39, 0.29) is 70.6 Å². The topological polar surface area (TPSA) is 356 Å². The molecule has 13 rings (SSSR count). The molecule has 6 aromatic carbocycles. The number of aryl methyl sites for hydroxylation is 2. The lowest BCUT2D eigenvalue weighted by atomic mass is 9.70. The fourth-order valence-electron chi connectivity index (χ4n) is 14.6.